The van der Waals surface area contributed by atoms with Crippen LogP contribution in [0.4, 0.5) is 0 Å². The highest BCUT2D eigenvalue weighted by Crippen LogP contribution is 2.51. The van der Waals surface area contributed by atoms with Gasteiger partial charge in [0.15, 0.2) is 11.6 Å². The Labute approximate surface area is 223 Å². The standard InChI is InChI=1S/C27H34O12/c1-8-19(30)17(15-7-14(29)22(33)10(3)39-15)12-5-11-6-13(27(38-4)26(37)21(32)9(2)28)23(34)25(36)16(11)24(35)18(12)20(8)31/h5,9-10,13-15,21-23,27-35H,6-7H2,1-4H3/t9?,10-,13?,14+,15-,21?,22-,23?,27?/m1/s1. The highest BCUT2D eigenvalue weighted by atomic mass is 16.5. The summed E-state index contributed by atoms with van der Waals surface area (Å²) in [6.45, 7) is 4.13. The van der Waals surface area contributed by atoms with Crippen LogP contribution in [0, 0.1) is 12.8 Å². The maximum atomic E-state index is 13.3. The first-order chi connectivity index (χ1) is 18.2. The van der Waals surface area contributed by atoms with Crippen LogP contribution >= 0.6 is 0 Å². The van der Waals surface area contributed by atoms with E-state index in [0.717, 1.165) is 7.11 Å². The number of phenolic OH excluding ortho intramolecular Hbond substituents is 3. The van der Waals surface area contributed by atoms with Crippen LogP contribution in [0.15, 0.2) is 6.07 Å². The van der Waals surface area contributed by atoms with Gasteiger partial charge in [-0.25, -0.2) is 0 Å². The molecule has 2 aromatic rings. The molecule has 39 heavy (non-hydrogen) atoms. The number of ether oxygens (including phenoxy) is 2. The van der Waals surface area contributed by atoms with E-state index in [1.54, 1.807) is 6.92 Å². The fourth-order valence-corrected chi connectivity index (χ4v) is 5.71. The largest absolute Gasteiger partial charge is 0.507 e. The monoisotopic (exact) mass is 550 g/mol. The molecular weight excluding hydrogens is 516 g/mol. The number of ketones is 2. The lowest BCUT2D eigenvalue weighted by molar-refractivity contribution is -0.163. The van der Waals surface area contributed by atoms with Crippen LogP contribution in [0.3, 0.4) is 0 Å². The number of rotatable bonds is 6. The number of benzene rings is 2. The molecule has 1 heterocycles. The van der Waals surface area contributed by atoms with Crippen LogP contribution in [-0.2, 0) is 20.7 Å². The first-order valence-corrected chi connectivity index (χ1v) is 12.6. The van der Waals surface area contributed by atoms with Crippen molar-refractivity contribution in [2.24, 2.45) is 5.92 Å². The molecular formula is C27H34O12. The lowest BCUT2D eigenvalue weighted by atomic mass is 9.74. The third kappa shape index (κ3) is 4.65. The highest BCUT2D eigenvalue weighted by Gasteiger charge is 2.46. The van der Waals surface area contributed by atoms with Gasteiger partial charge in [-0.3, -0.25) is 9.59 Å². The zero-order valence-electron chi connectivity index (χ0n) is 21.9. The maximum Gasteiger partial charge on any atom is 0.195 e. The second-order valence-corrected chi connectivity index (χ2v) is 10.5. The minimum Gasteiger partial charge on any atom is -0.507 e. The van der Waals surface area contributed by atoms with E-state index in [1.807, 2.05) is 0 Å². The van der Waals surface area contributed by atoms with Crippen LogP contribution in [0.25, 0.3) is 10.8 Å². The molecule has 12 nitrogen and oxygen atoms in total. The summed E-state index contributed by atoms with van der Waals surface area (Å²) in [6.07, 6.45) is -11.0. The van der Waals surface area contributed by atoms with E-state index in [2.05, 4.69) is 0 Å². The van der Waals surface area contributed by atoms with Gasteiger partial charge < -0.3 is 50.3 Å². The molecule has 1 aliphatic heterocycles. The van der Waals surface area contributed by atoms with Gasteiger partial charge in [-0.2, -0.15) is 0 Å². The van der Waals surface area contributed by atoms with Crippen molar-refractivity contribution < 1.29 is 59.9 Å². The Bertz CT molecular complexity index is 1290. The van der Waals surface area contributed by atoms with Crippen LogP contribution in [0.2, 0.25) is 0 Å². The molecule has 8 N–H and O–H groups in total. The summed E-state index contributed by atoms with van der Waals surface area (Å²) >= 11 is 0. The van der Waals surface area contributed by atoms with E-state index in [-0.39, 0.29) is 51.6 Å². The Kier molecular flexibility index (Phi) is 7.94. The third-order valence-corrected chi connectivity index (χ3v) is 7.95. The van der Waals surface area contributed by atoms with Crippen molar-refractivity contribution in [3.8, 4) is 17.2 Å². The van der Waals surface area contributed by atoms with Crippen LogP contribution in [0.1, 0.15) is 53.4 Å². The lowest BCUT2D eigenvalue weighted by Gasteiger charge is -2.37. The molecule has 0 bridgehead atoms. The number of aliphatic hydroxyl groups is 5. The Hall–Kier alpha value is -2.84. The zero-order chi connectivity index (χ0) is 29.1. The van der Waals surface area contributed by atoms with E-state index in [9.17, 15) is 50.4 Å². The molecule has 9 atom stereocenters. The topological polar surface area (TPSA) is 214 Å². The summed E-state index contributed by atoms with van der Waals surface area (Å²) in [5, 5.41) is 84.1. The summed E-state index contributed by atoms with van der Waals surface area (Å²) in [6, 6.07) is 1.42. The number of hydrogen-bond donors (Lipinski definition) is 8. The van der Waals surface area contributed by atoms with Gasteiger partial charge in [0, 0.05) is 30.6 Å². The second kappa shape index (κ2) is 10.6. The van der Waals surface area contributed by atoms with Gasteiger partial charge >= 0.3 is 0 Å². The summed E-state index contributed by atoms with van der Waals surface area (Å²) < 4.78 is 11.1. The van der Waals surface area contributed by atoms with Crippen molar-refractivity contribution in [2.45, 2.75) is 82.4 Å². The number of methoxy groups -OCH3 is 1. The van der Waals surface area contributed by atoms with Crippen LogP contribution in [-0.4, -0.2) is 102 Å². The first-order valence-electron chi connectivity index (χ1n) is 12.6. The number of phenols is 3. The summed E-state index contributed by atoms with van der Waals surface area (Å²) in [5.74, 6) is -4.63. The summed E-state index contributed by atoms with van der Waals surface area (Å²) in [4.78, 5) is 26.1. The van der Waals surface area contributed by atoms with Crippen molar-refractivity contribution in [1.29, 1.82) is 0 Å². The summed E-state index contributed by atoms with van der Waals surface area (Å²) in [7, 11) is 1.15. The molecule has 0 aromatic heterocycles. The number of fused-ring (bicyclic) bond motifs is 2. The first kappa shape index (κ1) is 29.2. The third-order valence-electron chi connectivity index (χ3n) is 7.95. The van der Waals surface area contributed by atoms with Gasteiger partial charge in [0.05, 0.1) is 35.4 Å². The van der Waals surface area contributed by atoms with Crippen molar-refractivity contribution in [3.63, 3.8) is 0 Å². The van der Waals surface area contributed by atoms with Gasteiger partial charge in [-0.15, -0.1) is 0 Å². The molecule has 1 aliphatic carbocycles. The minimum absolute atomic E-state index is 0.0246. The molecule has 12 heteroatoms. The van der Waals surface area contributed by atoms with Crippen molar-refractivity contribution >= 4 is 22.3 Å². The van der Waals surface area contributed by atoms with Crippen molar-refractivity contribution in [2.75, 3.05) is 7.11 Å². The fourth-order valence-electron chi connectivity index (χ4n) is 5.71. The average Bonchev–Trinajstić information content (AvgIpc) is 2.88. The van der Waals surface area contributed by atoms with Gasteiger partial charge in [-0.05, 0) is 44.2 Å². The molecule has 2 aromatic carbocycles. The van der Waals surface area contributed by atoms with Crippen LogP contribution in [0.5, 0.6) is 17.2 Å². The molecule has 214 valence electrons. The van der Waals surface area contributed by atoms with Gasteiger partial charge in [-0.1, -0.05) is 0 Å². The van der Waals surface area contributed by atoms with E-state index < -0.39 is 77.8 Å². The molecule has 5 unspecified atom stereocenters. The SMILES string of the molecule is COC(C(=O)C(O)C(C)O)C1Cc2cc3c([C@H]4C[C@H](O)[C@H](O)[C@@H](C)O4)c(O)c(C)c(O)c3c(O)c2C(=O)C1O. The van der Waals surface area contributed by atoms with Gasteiger partial charge in [0.2, 0.25) is 0 Å². The predicted octanol–water partition coefficient (Wildman–Crippen LogP) is -0.122. The number of Topliss-reactive ketones (excluding diaryl/α,β-unsaturated/α-hetero) is 2. The van der Waals surface area contributed by atoms with Gasteiger partial charge in [0.1, 0.15) is 41.7 Å². The highest BCUT2D eigenvalue weighted by molar-refractivity contribution is 6.12. The fraction of sp³-hybridized carbons (Fsp3) is 0.556. The number of carbonyl (C=O) groups excluding carboxylic acids is 2. The molecule has 2 aliphatic rings. The maximum absolute atomic E-state index is 13.3. The van der Waals surface area contributed by atoms with Crippen molar-refractivity contribution in [1.82, 2.24) is 0 Å². The molecule has 1 saturated heterocycles. The molecule has 0 saturated carbocycles. The predicted molar refractivity (Wildman–Crippen MR) is 135 cm³/mol. The van der Waals surface area contributed by atoms with E-state index in [4.69, 9.17) is 9.47 Å². The van der Waals surface area contributed by atoms with E-state index in [0.29, 0.717) is 0 Å². The molecule has 0 amide bonds. The zero-order valence-corrected chi connectivity index (χ0v) is 21.9. The lowest BCUT2D eigenvalue weighted by Crippen LogP contribution is -2.50. The second-order valence-electron chi connectivity index (χ2n) is 10.5. The van der Waals surface area contributed by atoms with Gasteiger partial charge in [0.25, 0.3) is 0 Å². The number of hydrogen-bond acceptors (Lipinski definition) is 12. The Morgan fingerprint density at radius 1 is 1.10 bits per heavy atom. The summed E-state index contributed by atoms with van der Waals surface area (Å²) in [5.41, 5.74) is -0.0435. The molecule has 0 radical (unpaired) electrons. The Morgan fingerprint density at radius 2 is 1.74 bits per heavy atom. The average molecular weight is 551 g/mol. The quantitative estimate of drug-likeness (QED) is 0.236. The van der Waals surface area contributed by atoms with E-state index in [1.165, 1.54) is 19.9 Å². The molecule has 0 spiro atoms. The number of carbonyl (C=O) groups is 2. The molecule has 4 rings (SSSR count). The number of aromatic hydroxyl groups is 3. The Balaban J connectivity index is 1.91. The Morgan fingerprint density at radius 3 is 2.31 bits per heavy atom. The minimum atomic E-state index is -1.83. The van der Waals surface area contributed by atoms with E-state index >= 15 is 0 Å². The smallest absolute Gasteiger partial charge is 0.195 e. The molecule has 1 fully saturated rings. The normalized spacial score (nSPS) is 29.6. The number of aliphatic hydroxyl groups excluding tert-OH is 5. The van der Waals surface area contributed by atoms with Crippen LogP contribution < -0.4 is 0 Å². The van der Waals surface area contributed by atoms with Crippen molar-refractivity contribution in [3.05, 3.63) is 28.3 Å².